The van der Waals surface area contributed by atoms with E-state index >= 15 is 0 Å². The lowest BCUT2D eigenvalue weighted by Crippen LogP contribution is -2.43. The molecule has 0 fully saturated rings. The van der Waals surface area contributed by atoms with Crippen molar-refractivity contribution in [3.8, 4) is 11.5 Å². The van der Waals surface area contributed by atoms with Crippen molar-refractivity contribution in [3.05, 3.63) is 52.8 Å². The van der Waals surface area contributed by atoms with E-state index in [0.717, 1.165) is 10.2 Å². The van der Waals surface area contributed by atoms with Crippen LogP contribution in [-0.4, -0.2) is 49.5 Å². The number of carbonyl (C=O) groups is 2. The Morgan fingerprint density at radius 3 is 2.58 bits per heavy atom. The first-order valence-corrected chi connectivity index (χ1v) is 10.5. The Morgan fingerprint density at radius 1 is 1.13 bits per heavy atom. The van der Waals surface area contributed by atoms with Crippen molar-refractivity contribution in [3.63, 3.8) is 0 Å². The molecular weight excluding hydrogens is 420 g/mol. The molecule has 0 bridgehead atoms. The summed E-state index contributed by atoms with van der Waals surface area (Å²) in [6.45, 7) is 2.72. The molecule has 2 atom stereocenters. The predicted octanol–water partition coefficient (Wildman–Crippen LogP) is 2.79. The quantitative estimate of drug-likeness (QED) is 0.565. The number of nitrogens with zero attached hydrogens (tertiary/aromatic N) is 2. The summed E-state index contributed by atoms with van der Waals surface area (Å²) in [4.78, 5) is 29.8. The third-order valence-electron chi connectivity index (χ3n) is 4.91. The first kappa shape index (κ1) is 21.1. The van der Waals surface area contributed by atoms with Crippen LogP contribution in [0.15, 0.2) is 47.5 Å². The van der Waals surface area contributed by atoms with Crippen LogP contribution >= 0.6 is 11.3 Å². The average Bonchev–Trinajstić information content (AvgIpc) is 3.12. The standard InChI is InChI=1S/C22H22N2O6S/c1-13-19(30-17-7-5-4-6-16(17)29-13)20(25)23-22-24(10-11-27-2)15-9-8-14(21(26)28-3)12-18(15)31-22/h4-9,12-13,19H,10-11H2,1-3H3. The number of thiazole rings is 1. The topological polar surface area (TPSA) is 88.4 Å². The van der Waals surface area contributed by atoms with Crippen LogP contribution in [-0.2, 0) is 20.8 Å². The number of para-hydroxylation sites is 2. The van der Waals surface area contributed by atoms with Crippen molar-refractivity contribution in [1.82, 2.24) is 4.57 Å². The monoisotopic (exact) mass is 442 g/mol. The maximum absolute atomic E-state index is 13.0. The Hall–Kier alpha value is -3.17. The zero-order chi connectivity index (χ0) is 22.0. The molecule has 1 aromatic heterocycles. The fourth-order valence-corrected chi connectivity index (χ4v) is 4.45. The molecule has 2 unspecified atom stereocenters. The van der Waals surface area contributed by atoms with Gasteiger partial charge < -0.3 is 23.5 Å². The Kier molecular flexibility index (Phi) is 6.06. The van der Waals surface area contributed by atoms with E-state index in [1.54, 1.807) is 38.3 Å². The molecule has 0 saturated carbocycles. The lowest BCUT2D eigenvalue weighted by Gasteiger charge is -2.29. The SMILES string of the molecule is COCCn1c(=NC(=O)C2Oc3ccccc3OC2C)sc2cc(C(=O)OC)ccc21. The van der Waals surface area contributed by atoms with Gasteiger partial charge in [0.05, 0.1) is 29.5 Å². The summed E-state index contributed by atoms with van der Waals surface area (Å²) in [5.41, 5.74) is 1.28. The van der Waals surface area contributed by atoms with E-state index in [1.165, 1.54) is 18.4 Å². The highest BCUT2D eigenvalue weighted by Crippen LogP contribution is 2.33. The minimum Gasteiger partial charge on any atom is -0.482 e. The van der Waals surface area contributed by atoms with E-state index in [0.29, 0.717) is 35.0 Å². The minimum atomic E-state index is -0.860. The molecular formula is C22H22N2O6S. The third-order valence-corrected chi connectivity index (χ3v) is 5.96. The summed E-state index contributed by atoms with van der Waals surface area (Å²) in [5, 5.41) is 0. The van der Waals surface area contributed by atoms with Crippen LogP contribution in [0.1, 0.15) is 17.3 Å². The zero-order valence-electron chi connectivity index (χ0n) is 17.4. The van der Waals surface area contributed by atoms with E-state index < -0.39 is 24.1 Å². The van der Waals surface area contributed by atoms with Crippen LogP contribution in [0.3, 0.4) is 0 Å². The summed E-state index contributed by atoms with van der Waals surface area (Å²) in [7, 11) is 2.95. The predicted molar refractivity (Wildman–Crippen MR) is 115 cm³/mol. The second-order valence-corrected chi connectivity index (χ2v) is 7.97. The van der Waals surface area contributed by atoms with Gasteiger partial charge in [-0.15, -0.1) is 0 Å². The zero-order valence-corrected chi connectivity index (χ0v) is 18.2. The molecule has 0 spiro atoms. The Labute approximate surface area is 182 Å². The first-order valence-electron chi connectivity index (χ1n) is 9.73. The number of aromatic nitrogens is 1. The number of fused-ring (bicyclic) bond motifs is 2. The van der Waals surface area contributed by atoms with Crippen molar-refractivity contribution >= 4 is 33.4 Å². The van der Waals surface area contributed by atoms with Gasteiger partial charge in [0.2, 0.25) is 6.10 Å². The van der Waals surface area contributed by atoms with Gasteiger partial charge in [-0.25, -0.2) is 4.79 Å². The molecule has 1 amide bonds. The van der Waals surface area contributed by atoms with Gasteiger partial charge in [-0.1, -0.05) is 23.5 Å². The fraction of sp³-hybridized carbons (Fsp3) is 0.318. The van der Waals surface area contributed by atoms with Crippen molar-refractivity contribution in [2.24, 2.45) is 4.99 Å². The average molecular weight is 442 g/mol. The molecule has 1 aliphatic heterocycles. The van der Waals surface area contributed by atoms with E-state index in [2.05, 4.69) is 4.99 Å². The van der Waals surface area contributed by atoms with Crippen molar-refractivity contribution in [1.29, 1.82) is 0 Å². The van der Waals surface area contributed by atoms with Crippen molar-refractivity contribution in [2.75, 3.05) is 20.8 Å². The molecule has 1 aliphatic rings. The van der Waals surface area contributed by atoms with Crippen LogP contribution in [0.2, 0.25) is 0 Å². The molecule has 31 heavy (non-hydrogen) atoms. The van der Waals surface area contributed by atoms with Gasteiger partial charge in [0, 0.05) is 13.7 Å². The Morgan fingerprint density at radius 2 is 1.87 bits per heavy atom. The van der Waals surface area contributed by atoms with Crippen molar-refractivity contribution in [2.45, 2.75) is 25.7 Å². The van der Waals surface area contributed by atoms with Crippen LogP contribution in [0.5, 0.6) is 11.5 Å². The normalized spacial score (nSPS) is 18.2. The molecule has 0 saturated heterocycles. The maximum atomic E-state index is 13.0. The number of methoxy groups -OCH3 is 2. The number of ether oxygens (including phenoxy) is 4. The summed E-state index contributed by atoms with van der Waals surface area (Å²) < 4.78 is 24.4. The van der Waals surface area contributed by atoms with Crippen LogP contribution in [0.25, 0.3) is 10.2 Å². The summed E-state index contributed by atoms with van der Waals surface area (Å²) in [6, 6.07) is 12.5. The number of esters is 1. The molecule has 9 heteroatoms. The summed E-state index contributed by atoms with van der Waals surface area (Å²) in [5.74, 6) is 0.258. The second kappa shape index (κ2) is 8.91. The molecule has 2 heterocycles. The highest BCUT2D eigenvalue weighted by molar-refractivity contribution is 7.16. The first-order chi connectivity index (χ1) is 15.0. The summed E-state index contributed by atoms with van der Waals surface area (Å²) in [6.07, 6.45) is -1.35. The van der Waals surface area contributed by atoms with Gasteiger partial charge in [0.15, 0.2) is 16.3 Å². The molecule has 162 valence electrons. The van der Waals surface area contributed by atoms with Gasteiger partial charge in [0.25, 0.3) is 5.91 Å². The van der Waals surface area contributed by atoms with Gasteiger partial charge in [-0.3, -0.25) is 4.79 Å². The molecule has 8 nitrogen and oxygen atoms in total. The van der Waals surface area contributed by atoms with Crippen LogP contribution < -0.4 is 14.3 Å². The fourth-order valence-electron chi connectivity index (χ4n) is 3.35. The smallest absolute Gasteiger partial charge is 0.337 e. The number of hydrogen-bond acceptors (Lipinski definition) is 7. The van der Waals surface area contributed by atoms with E-state index in [-0.39, 0.29) is 0 Å². The Balaban J connectivity index is 1.73. The molecule has 0 aliphatic carbocycles. The van der Waals surface area contributed by atoms with Gasteiger partial charge >= 0.3 is 5.97 Å². The minimum absolute atomic E-state index is 0.423. The third kappa shape index (κ3) is 4.19. The number of carbonyl (C=O) groups excluding carboxylic acids is 2. The van der Waals surface area contributed by atoms with Crippen LogP contribution in [0, 0.1) is 0 Å². The molecule has 2 aromatic carbocycles. The number of amides is 1. The molecule has 0 N–H and O–H groups in total. The van der Waals surface area contributed by atoms with E-state index in [9.17, 15) is 9.59 Å². The lowest BCUT2D eigenvalue weighted by molar-refractivity contribution is -0.130. The lowest BCUT2D eigenvalue weighted by atomic mass is 10.1. The Bertz CT molecular complexity index is 1200. The van der Waals surface area contributed by atoms with E-state index in [1.807, 2.05) is 22.8 Å². The van der Waals surface area contributed by atoms with Crippen LogP contribution in [0.4, 0.5) is 0 Å². The second-order valence-electron chi connectivity index (χ2n) is 6.96. The van der Waals surface area contributed by atoms with E-state index in [4.69, 9.17) is 18.9 Å². The van der Waals surface area contributed by atoms with Crippen molar-refractivity contribution < 1.29 is 28.5 Å². The number of benzene rings is 2. The molecule has 3 aromatic rings. The van der Waals surface area contributed by atoms with Gasteiger partial charge in [0.1, 0.15) is 6.10 Å². The van der Waals surface area contributed by atoms with Gasteiger partial charge in [-0.2, -0.15) is 4.99 Å². The maximum Gasteiger partial charge on any atom is 0.337 e. The number of hydrogen-bond donors (Lipinski definition) is 0. The largest absolute Gasteiger partial charge is 0.482 e. The summed E-state index contributed by atoms with van der Waals surface area (Å²) >= 11 is 1.31. The van der Waals surface area contributed by atoms with Gasteiger partial charge in [-0.05, 0) is 37.3 Å². The number of rotatable bonds is 5. The molecule has 4 rings (SSSR count). The molecule has 0 radical (unpaired) electrons. The highest BCUT2D eigenvalue weighted by Gasteiger charge is 2.34. The highest BCUT2D eigenvalue weighted by atomic mass is 32.1.